The molecule has 2 aromatic rings. The van der Waals surface area contributed by atoms with Crippen molar-refractivity contribution in [1.82, 2.24) is 4.90 Å². The van der Waals surface area contributed by atoms with E-state index >= 15 is 0 Å². The van der Waals surface area contributed by atoms with Crippen LogP contribution in [0.5, 0.6) is 11.5 Å². The molecule has 1 saturated carbocycles. The van der Waals surface area contributed by atoms with Gasteiger partial charge in [-0.3, -0.25) is 4.79 Å². The molecule has 0 bridgehead atoms. The first-order valence-electron chi connectivity index (χ1n) is 14.3. The summed E-state index contributed by atoms with van der Waals surface area (Å²) < 4.78 is 11.7. The van der Waals surface area contributed by atoms with Crippen LogP contribution in [0.4, 0.5) is 0 Å². The molecule has 1 aliphatic carbocycles. The monoisotopic (exact) mass is 558 g/mol. The molecule has 39 heavy (non-hydrogen) atoms. The summed E-state index contributed by atoms with van der Waals surface area (Å²) in [5, 5.41) is 23.1. The molecule has 1 saturated heterocycles. The summed E-state index contributed by atoms with van der Waals surface area (Å²) in [4.78, 5) is 15.3. The van der Waals surface area contributed by atoms with Gasteiger partial charge in [-0.2, -0.15) is 0 Å². The third-order valence-electron chi connectivity index (χ3n) is 8.45. The van der Waals surface area contributed by atoms with Gasteiger partial charge in [-0.25, -0.2) is 0 Å². The number of aryl methyl sites for hydroxylation is 1. The van der Waals surface area contributed by atoms with Crippen LogP contribution in [0, 0.1) is 11.8 Å². The number of aliphatic hydroxyl groups excluding tert-OH is 1. The van der Waals surface area contributed by atoms with Gasteiger partial charge >= 0.3 is 0 Å². The lowest BCUT2D eigenvalue weighted by Crippen LogP contribution is -2.49. The van der Waals surface area contributed by atoms with E-state index in [2.05, 4.69) is 13.0 Å². The highest BCUT2D eigenvalue weighted by Crippen LogP contribution is 2.47. The Morgan fingerprint density at radius 2 is 2.00 bits per heavy atom. The lowest BCUT2D eigenvalue weighted by molar-refractivity contribution is -0.141. The Balaban J connectivity index is 1.64. The fourth-order valence-corrected chi connectivity index (χ4v) is 6.39. The van der Waals surface area contributed by atoms with Crippen molar-refractivity contribution in [2.45, 2.75) is 76.0 Å². The molecule has 1 unspecified atom stereocenters. The minimum absolute atomic E-state index is 0.0207. The Morgan fingerprint density at radius 3 is 2.72 bits per heavy atom. The maximum atomic E-state index is 13.4. The van der Waals surface area contributed by atoms with Gasteiger partial charge in [-0.1, -0.05) is 42.8 Å². The maximum Gasteiger partial charge on any atom is 0.225 e. The molecule has 0 aromatic heterocycles. The van der Waals surface area contributed by atoms with Crippen LogP contribution in [0.25, 0.3) is 0 Å². The van der Waals surface area contributed by atoms with Crippen LogP contribution in [0.1, 0.15) is 63.0 Å². The van der Waals surface area contributed by atoms with Crippen LogP contribution in [-0.2, 0) is 21.6 Å². The zero-order chi connectivity index (χ0) is 28.0. The number of nitrogens with two attached hydrogens (primary N) is 1. The number of para-hydroxylation sites is 1. The molecular formula is C31H43ClN2O5. The third kappa shape index (κ3) is 6.95. The van der Waals surface area contributed by atoms with E-state index in [0.717, 1.165) is 37.7 Å². The van der Waals surface area contributed by atoms with E-state index < -0.39 is 11.7 Å². The van der Waals surface area contributed by atoms with Gasteiger partial charge in [0.25, 0.3) is 0 Å². The Labute approximate surface area is 237 Å². The summed E-state index contributed by atoms with van der Waals surface area (Å²) in [5.74, 6) is 0.657. The van der Waals surface area contributed by atoms with E-state index in [4.69, 9.17) is 26.8 Å². The molecule has 214 valence electrons. The summed E-state index contributed by atoms with van der Waals surface area (Å²) in [6.07, 6.45) is 4.72. The molecule has 2 aromatic carbocycles. The van der Waals surface area contributed by atoms with Crippen LogP contribution in [0.2, 0.25) is 5.02 Å². The van der Waals surface area contributed by atoms with Crippen molar-refractivity contribution in [3.05, 3.63) is 58.6 Å². The lowest BCUT2D eigenvalue weighted by Gasteiger charge is -2.44. The normalized spacial score (nSPS) is 24.9. The highest BCUT2D eigenvalue weighted by molar-refractivity contribution is 6.32. The number of hydrogen-bond donors (Lipinski definition) is 3. The second-order valence-electron chi connectivity index (χ2n) is 11.1. The number of amides is 1. The van der Waals surface area contributed by atoms with E-state index in [0.29, 0.717) is 61.0 Å². The number of methoxy groups -OCH3 is 1. The van der Waals surface area contributed by atoms with E-state index in [1.165, 1.54) is 0 Å². The summed E-state index contributed by atoms with van der Waals surface area (Å²) in [6.45, 7) is 3.77. The maximum absolute atomic E-state index is 13.4. The van der Waals surface area contributed by atoms with Crippen LogP contribution < -0.4 is 10.5 Å². The smallest absolute Gasteiger partial charge is 0.225 e. The van der Waals surface area contributed by atoms with Crippen molar-refractivity contribution in [3.63, 3.8) is 0 Å². The first-order valence-corrected chi connectivity index (χ1v) is 14.6. The van der Waals surface area contributed by atoms with Crippen molar-refractivity contribution >= 4 is 17.5 Å². The number of carbonyl (C=O) groups excluding carboxylic acids is 1. The molecule has 0 radical (unpaired) electrons. The van der Waals surface area contributed by atoms with Gasteiger partial charge in [0.1, 0.15) is 5.75 Å². The van der Waals surface area contributed by atoms with Gasteiger partial charge in [0, 0.05) is 50.2 Å². The van der Waals surface area contributed by atoms with E-state index in [-0.39, 0.29) is 23.8 Å². The average Bonchev–Trinajstić information content (AvgIpc) is 3.29. The van der Waals surface area contributed by atoms with Crippen LogP contribution in [0.15, 0.2) is 42.5 Å². The largest absolute Gasteiger partial charge is 0.455 e. The predicted octanol–water partition coefficient (Wildman–Crippen LogP) is 5.04. The fourth-order valence-electron chi connectivity index (χ4n) is 6.17. The second-order valence-corrected chi connectivity index (χ2v) is 11.5. The molecular weight excluding hydrogens is 516 g/mol. The highest BCUT2D eigenvalue weighted by atomic mass is 35.5. The summed E-state index contributed by atoms with van der Waals surface area (Å²) in [6, 6.07) is 13.1. The molecule has 1 aliphatic heterocycles. The molecule has 1 amide bonds. The zero-order valence-electron chi connectivity index (χ0n) is 23.2. The molecule has 0 spiro atoms. The Morgan fingerprint density at radius 1 is 1.21 bits per heavy atom. The molecule has 7 nitrogen and oxygen atoms in total. The van der Waals surface area contributed by atoms with Crippen LogP contribution >= 0.6 is 11.6 Å². The number of hydrogen-bond acceptors (Lipinski definition) is 6. The highest BCUT2D eigenvalue weighted by Gasteiger charge is 2.45. The molecule has 4 N–H and O–H groups in total. The predicted molar refractivity (Wildman–Crippen MR) is 153 cm³/mol. The van der Waals surface area contributed by atoms with Gasteiger partial charge in [0.2, 0.25) is 5.91 Å². The minimum atomic E-state index is -1.26. The number of unbranched alkanes of at least 4 members (excludes halogenated alkanes) is 1. The summed E-state index contributed by atoms with van der Waals surface area (Å²) in [5.41, 5.74) is 6.53. The third-order valence-corrected chi connectivity index (χ3v) is 8.75. The standard InChI is InChI=1S/C31H43ClN2O5/c1-3-21-9-6-11-24(17-21)39-29-25(12-7-13-26(29)32)31(37,14-4-5-16-38-2)23-10-8-15-34(20-23)30(36)22-18-27(33)28(35)19-22/h6-7,9,11-13,17,22-23,27-28,35,37H,3-5,8,10,14-16,18-20,33H2,1-2H3/t22-,23?,27+,28-,31-/m0/s1. The molecule has 1 heterocycles. The van der Waals surface area contributed by atoms with Crippen molar-refractivity contribution in [2.24, 2.45) is 17.6 Å². The van der Waals surface area contributed by atoms with Gasteiger partial charge in [0.15, 0.2) is 5.75 Å². The molecule has 4 rings (SSSR count). The number of rotatable bonds is 11. The molecule has 8 heteroatoms. The number of likely N-dealkylation sites (tertiary alicyclic amines) is 1. The number of ether oxygens (including phenoxy) is 2. The number of aliphatic hydroxyl groups is 2. The Kier molecular flexibility index (Phi) is 10.3. The molecule has 5 atom stereocenters. The Bertz CT molecular complexity index is 1100. The van der Waals surface area contributed by atoms with Crippen molar-refractivity contribution in [2.75, 3.05) is 26.8 Å². The number of nitrogens with zero attached hydrogens (tertiary/aromatic N) is 1. The SMILES string of the molecule is CCc1cccc(Oc2c(Cl)cccc2[C@](O)(CCCCOC)C2CCCN(C(=O)[C@H]3C[C@@H](N)[C@@H](O)C3)C2)c1. The van der Waals surface area contributed by atoms with Crippen molar-refractivity contribution < 1.29 is 24.5 Å². The minimum Gasteiger partial charge on any atom is -0.455 e. The summed E-state index contributed by atoms with van der Waals surface area (Å²) in [7, 11) is 1.68. The van der Waals surface area contributed by atoms with E-state index in [1.54, 1.807) is 13.2 Å². The van der Waals surface area contributed by atoms with Gasteiger partial charge < -0.3 is 30.3 Å². The van der Waals surface area contributed by atoms with Crippen molar-refractivity contribution in [3.8, 4) is 11.5 Å². The first-order chi connectivity index (χ1) is 18.8. The second kappa shape index (κ2) is 13.5. The van der Waals surface area contributed by atoms with Gasteiger partial charge in [-0.15, -0.1) is 0 Å². The van der Waals surface area contributed by atoms with Gasteiger partial charge in [-0.05, 0) is 75.1 Å². The average molecular weight is 559 g/mol. The Hall–Kier alpha value is -2.16. The molecule has 2 fully saturated rings. The molecule has 2 aliphatic rings. The number of halogens is 1. The van der Waals surface area contributed by atoms with Gasteiger partial charge in [0.05, 0.1) is 16.7 Å². The van der Waals surface area contributed by atoms with Crippen LogP contribution in [-0.4, -0.2) is 60.0 Å². The first kappa shape index (κ1) is 29.8. The summed E-state index contributed by atoms with van der Waals surface area (Å²) >= 11 is 6.72. The van der Waals surface area contributed by atoms with E-state index in [1.807, 2.05) is 35.2 Å². The fraction of sp³-hybridized carbons (Fsp3) is 0.581. The van der Waals surface area contributed by atoms with Crippen LogP contribution in [0.3, 0.4) is 0 Å². The number of carbonyl (C=O) groups is 1. The number of piperidine rings is 1. The lowest BCUT2D eigenvalue weighted by atomic mass is 9.73. The quantitative estimate of drug-likeness (QED) is 0.334. The van der Waals surface area contributed by atoms with Crippen molar-refractivity contribution in [1.29, 1.82) is 0 Å². The topological polar surface area (TPSA) is 105 Å². The zero-order valence-corrected chi connectivity index (χ0v) is 23.9. The number of benzene rings is 2. The van der Waals surface area contributed by atoms with E-state index in [9.17, 15) is 15.0 Å².